The Hall–Kier alpha value is -1.23. The van der Waals surface area contributed by atoms with E-state index < -0.39 is 0 Å². The topological polar surface area (TPSA) is 24.1 Å². The molecule has 2 aromatic carbocycles. The first-order chi connectivity index (χ1) is 8.79. The monoisotopic (exact) mass is 320 g/mol. The second-order valence-electron chi connectivity index (χ2n) is 3.88. The molecule has 0 saturated carbocycles. The van der Waals surface area contributed by atoms with Gasteiger partial charge in [0.25, 0.3) is 0 Å². The molecule has 0 unspecified atom stereocenters. The molecule has 0 radical (unpaired) electrons. The molecular formula is C14H13BrN2S. The molecule has 0 amide bonds. The SMILES string of the molecule is S=C(Cc1ccc(-c2ccccc2)cc1)NNBr. The van der Waals surface area contributed by atoms with Gasteiger partial charge in [0.1, 0.15) is 0 Å². The van der Waals surface area contributed by atoms with E-state index in [9.17, 15) is 0 Å². The number of rotatable bonds is 4. The van der Waals surface area contributed by atoms with Crippen LogP contribution >= 0.6 is 28.4 Å². The van der Waals surface area contributed by atoms with Crippen molar-refractivity contribution in [3.8, 4) is 11.1 Å². The number of halogens is 1. The van der Waals surface area contributed by atoms with E-state index in [0.717, 1.165) is 11.4 Å². The summed E-state index contributed by atoms with van der Waals surface area (Å²) in [6, 6.07) is 18.8. The molecule has 0 fully saturated rings. The number of hydrogen-bond acceptors (Lipinski definition) is 2. The average molecular weight is 321 g/mol. The van der Waals surface area contributed by atoms with Crippen LogP contribution in [0.2, 0.25) is 0 Å². The molecule has 0 aliphatic carbocycles. The van der Waals surface area contributed by atoms with Crippen LogP contribution in [0.5, 0.6) is 0 Å². The Labute approximate surface area is 121 Å². The molecule has 92 valence electrons. The van der Waals surface area contributed by atoms with Crippen molar-refractivity contribution in [2.24, 2.45) is 0 Å². The van der Waals surface area contributed by atoms with Gasteiger partial charge in [-0.25, -0.2) is 0 Å². The van der Waals surface area contributed by atoms with Crippen LogP contribution in [-0.4, -0.2) is 4.99 Å². The molecule has 0 aliphatic heterocycles. The third-order valence-corrected chi connectivity index (χ3v) is 3.06. The minimum absolute atomic E-state index is 0.725. The van der Waals surface area contributed by atoms with Crippen molar-refractivity contribution in [1.82, 2.24) is 9.88 Å². The molecule has 2 N–H and O–H groups in total. The van der Waals surface area contributed by atoms with Gasteiger partial charge in [0.05, 0.1) is 4.99 Å². The minimum Gasteiger partial charge on any atom is -0.305 e. The molecule has 2 aromatic rings. The Morgan fingerprint density at radius 1 is 0.944 bits per heavy atom. The lowest BCUT2D eigenvalue weighted by Gasteiger charge is -2.06. The fourth-order valence-electron chi connectivity index (χ4n) is 1.73. The van der Waals surface area contributed by atoms with Gasteiger partial charge in [-0.15, -0.1) is 0 Å². The highest BCUT2D eigenvalue weighted by Crippen LogP contribution is 2.19. The Morgan fingerprint density at radius 2 is 1.56 bits per heavy atom. The van der Waals surface area contributed by atoms with Crippen molar-refractivity contribution in [2.75, 3.05) is 0 Å². The van der Waals surface area contributed by atoms with Crippen molar-refractivity contribution in [1.29, 1.82) is 0 Å². The first-order valence-corrected chi connectivity index (χ1v) is 6.78. The normalized spacial score (nSPS) is 10.1. The van der Waals surface area contributed by atoms with E-state index in [-0.39, 0.29) is 0 Å². The van der Waals surface area contributed by atoms with Crippen LogP contribution in [0.4, 0.5) is 0 Å². The summed E-state index contributed by atoms with van der Waals surface area (Å²) in [5.41, 5.74) is 6.48. The maximum Gasteiger partial charge on any atom is 0.0946 e. The van der Waals surface area contributed by atoms with E-state index in [1.54, 1.807) is 0 Å². The summed E-state index contributed by atoms with van der Waals surface area (Å²) in [5, 5.41) is 0. The number of benzene rings is 2. The first-order valence-electron chi connectivity index (χ1n) is 5.58. The summed E-state index contributed by atoms with van der Waals surface area (Å²) in [4.78, 5) is 0.749. The molecule has 0 spiro atoms. The molecule has 0 bridgehead atoms. The highest BCUT2D eigenvalue weighted by Gasteiger charge is 2.00. The quantitative estimate of drug-likeness (QED) is 0.511. The summed E-state index contributed by atoms with van der Waals surface area (Å²) in [7, 11) is 0. The third-order valence-electron chi connectivity index (χ3n) is 2.61. The lowest BCUT2D eigenvalue weighted by molar-refractivity contribution is 0.940. The first kappa shape index (κ1) is 13.2. The van der Waals surface area contributed by atoms with Crippen molar-refractivity contribution in [3.63, 3.8) is 0 Å². The summed E-state index contributed by atoms with van der Waals surface area (Å²) >= 11 is 8.21. The molecular weight excluding hydrogens is 308 g/mol. The highest BCUT2D eigenvalue weighted by atomic mass is 79.9. The lowest BCUT2D eigenvalue weighted by Crippen LogP contribution is -2.29. The molecule has 0 heterocycles. The Bertz CT molecular complexity index is 511. The minimum atomic E-state index is 0.725. The maximum atomic E-state index is 5.16. The predicted molar refractivity (Wildman–Crippen MR) is 83.4 cm³/mol. The standard InChI is InChI=1S/C14H13BrN2S/c15-17-16-14(18)10-11-6-8-13(9-7-11)12-4-2-1-3-5-12/h1-9,17H,10H2,(H,16,18). The maximum absolute atomic E-state index is 5.16. The Balaban J connectivity index is 2.09. The van der Waals surface area contributed by atoms with Gasteiger partial charge in [-0.3, -0.25) is 0 Å². The van der Waals surface area contributed by atoms with Gasteiger partial charge < -0.3 is 5.43 Å². The zero-order valence-corrected chi connectivity index (χ0v) is 12.1. The largest absolute Gasteiger partial charge is 0.305 e. The van der Waals surface area contributed by atoms with Gasteiger partial charge in [-0.2, -0.15) is 4.45 Å². The van der Waals surface area contributed by atoms with Crippen LogP contribution in [0.25, 0.3) is 11.1 Å². The second kappa shape index (κ2) is 6.64. The van der Waals surface area contributed by atoms with Crippen LogP contribution in [0, 0.1) is 0 Å². The van der Waals surface area contributed by atoms with Gasteiger partial charge in [-0.05, 0) is 16.7 Å². The highest BCUT2D eigenvalue weighted by molar-refractivity contribution is 9.08. The van der Waals surface area contributed by atoms with E-state index in [0.29, 0.717) is 0 Å². The molecule has 4 heteroatoms. The molecule has 2 rings (SSSR count). The molecule has 0 atom stereocenters. The number of thiocarbonyl (C=S) groups is 1. The molecule has 2 nitrogen and oxygen atoms in total. The fourth-order valence-corrected chi connectivity index (χ4v) is 2.32. The third kappa shape index (κ3) is 3.63. The van der Waals surface area contributed by atoms with Crippen LogP contribution in [0.1, 0.15) is 5.56 Å². The Kier molecular flexibility index (Phi) is 4.87. The van der Waals surface area contributed by atoms with E-state index in [2.05, 4.69) is 62.4 Å². The predicted octanol–water partition coefficient (Wildman–Crippen LogP) is 3.63. The van der Waals surface area contributed by atoms with Crippen molar-refractivity contribution in [3.05, 3.63) is 60.2 Å². The fraction of sp³-hybridized carbons (Fsp3) is 0.0714. The summed E-state index contributed by atoms with van der Waals surface area (Å²) in [6.07, 6.45) is 0.725. The number of hydrazine groups is 1. The van der Waals surface area contributed by atoms with Gasteiger partial charge in [-0.1, -0.05) is 66.8 Å². The van der Waals surface area contributed by atoms with Crippen molar-refractivity contribution < 1.29 is 0 Å². The van der Waals surface area contributed by atoms with Crippen LogP contribution in [0.15, 0.2) is 54.6 Å². The molecule has 0 aliphatic rings. The zero-order chi connectivity index (χ0) is 12.8. The van der Waals surface area contributed by atoms with Crippen LogP contribution in [0.3, 0.4) is 0 Å². The van der Waals surface area contributed by atoms with Crippen LogP contribution < -0.4 is 9.88 Å². The second-order valence-corrected chi connectivity index (χ2v) is 4.77. The zero-order valence-electron chi connectivity index (χ0n) is 9.69. The molecule has 0 saturated heterocycles. The summed E-state index contributed by atoms with van der Waals surface area (Å²) in [6.45, 7) is 0. The van der Waals surface area contributed by atoms with Crippen molar-refractivity contribution in [2.45, 2.75) is 6.42 Å². The Morgan fingerprint density at radius 3 is 2.17 bits per heavy atom. The number of nitrogens with one attached hydrogen (secondary N) is 2. The lowest BCUT2D eigenvalue weighted by atomic mass is 10.0. The van der Waals surface area contributed by atoms with Gasteiger partial charge >= 0.3 is 0 Å². The molecule has 0 aromatic heterocycles. The van der Waals surface area contributed by atoms with Crippen molar-refractivity contribution >= 4 is 33.4 Å². The smallest absolute Gasteiger partial charge is 0.0946 e. The summed E-state index contributed by atoms with van der Waals surface area (Å²) < 4.78 is 2.65. The average Bonchev–Trinajstić information content (AvgIpc) is 2.41. The van der Waals surface area contributed by atoms with Crippen LogP contribution in [-0.2, 0) is 6.42 Å². The molecule has 18 heavy (non-hydrogen) atoms. The van der Waals surface area contributed by atoms with Gasteiger partial charge in [0.2, 0.25) is 0 Å². The van der Waals surface area contributed by atoms with Gasteiger partial charge in [0, 0.05) is 22.6 Å². The van der Waals surface area contributed by atoms with E-state index in [4.69, 9.17) is 12.2 Å². The van der Waals surface area contributed by atoms with E-state index in [1.807, 2.05) is 18.2 Å². The van der Waals surface area contributed by atoms with E-state index in [1.165, 1.54) is 16.7 Å². The number of hydrogen-bond donors (Lipinski definition) is 2. The van der Waals surface area contributed by atoms with E-state index >= 15 is 0 Å². The van der Waals surface area contributed by atoms with Gasteiger partial charge in [0.15, 0.2) is 0 Å². The summed E-state index contributed by atoms with van der Waals surface area (Å²) in [5.74, 6) is 0.